The quantitative estimate of drug-likeness (QED) is 0.0700. The minimum absolute atomic E-state index is 0.0981. The molecule has 0 saturated heterocycles. The van der Waals surface area contributed by atoms with Crippen LogP contribution in [-0.2, 0) is 16.4 Å². The monoisotopic (exact) mass is 650 g/mol. The number of hydrogen-bond acceptors (Lipinski definition) is 6. The highest BCUT2D eigenvalue weighted by Gasteiger charge is 2.14. The molecule has 2 amide bonds. The summed E-state index contributed by atoms with van der Waals surface area (Å²) in [5.74, 6) is 0.509. The van der Waals surface area contributed by atoms with Crippen molar-refractivity contribution in [3.63, 3.8) is 0 Å². The fraction of sp³-hybridized carbons (Fsp3) is 0.583. The van der Waals surface area contributed by atoms with Gasteiger partial charge in [-0.15, -0.1) is 0 Å². The second-order valence-corrected chi connectivity index (χ2v) is 14.0. The molecule has 1 unspecified atom stereocenters. The van der Waals surface area contributed by atoms with Gasteiger partial charge in [-0.05, 0) is 60.6 Å². The van der Waals surface area contributed by atoms with Gasteiger partial charge in [0.25, 0.3) is 0 Å². The van der Waals surface area contributed by atoms with E-state index < -0.39 is 10.0 Å². The molecule has 10 heteroatoms. The summed E-state index contributed by atoms with van der Waals surface area (Å²) < 4.78 is 28.0. The van der Waals surface area contributed by atoms with E-state index in [1.165, 1.54) is 38.5 Å². The lowest BCUT2D eigenvalue weighted by molar-refractivity contribution is 0.240. The predicted octanol–water partition coefficient (Wildman–Crippen LogP) is 8.53. The molecule has 9 nitrogen and oxygen atoms in total. The second kappa shape index (κ2) is 21.9. The van der Waals surface area contributed by atoms with Crippen LogP contribution in [0, 0.1) is 28.6 Å². The number of urea groups is 1. The Morgan fingerprint density at radius 1 is 0.804 bits per heavy atom. The third-order valence-corrected chi connectivity index (χ3v) is 9.65. The van der Waals surface area contributed by atoms with Gasteiger partial charge >= 0.3 is 6.03 Å². The SMILES string of the molecule is CCCCCCCCCCCCS(=O)(=O)Nc1ccc(Cc2cc(C#N)c(C#N)cc2NNC(=O)NCC(CC)CCCC)cc1. The van der Waals surface area contributed by atoms with Crippen LogP contribution in [0.15, 0.2) is 36.4 Å². The molecule has 0 spiro atoms. The molecule has 0 radical (unpaired) electrons. The standard InChI is InChI=1S/C36H54N6O3S/c1-4-7-9-10-11-12-13-14-15-16-22-46(44,45)42-34-20-18-30(19-21-34)23-31-24-32(26-37)33(27-38)25-35(31)40-41-36(43)39-28-29(6-3)17-8-5-2/h18-21,24-25,29,40,42H,4-17,22-23,28H2,1-3H3,(H2,39,41,43). The minimum Gasteiger partial charge on any atom is -0.336 e. The lowest BCUT2D eigenvalue weighted by Crippen LogP contribution is -2.41. The maximum absolute atomic E-state index is 12.6. The van der Waals surface area contributed by atoms with Gasteiger partial charge in [0.1, 0.15) is 12.1 Å². The zero-order chi connectivity index (χ0) is 33.6. The number of hydrogen-bond donors (Lipinski definition) is 4. The highest BCUT2D eigenvalue weighted by Crippen LogP contribution is 2.25. The predicted molar refractivity (Wildman–Crippen MR) is 188 cm³/mol. The Morgan fingerprint density at radius 2 is 1.39 bits per heavy atom. The molecule has 0 aliphatic heterocycles. The molecule has 2 aromatic rings. The van der Waals surface area contributed by atoms with E-state index >= 15 is 0 Å². The molecular weight excluding hydrogens is 597 g/mol. The molecule has 1 atom stereocenters. The van der Waals surface area contributed by atoms with Crippen LogP contribution in [0.4, 0.5) is 16.2 Å². The number of carbonyl (C=O) groups excluding carboxylic acids is 1. The van der Waals surface area contributed by atoms with Crippen molar-refractivity contribution in [2.24, 2.45) is 5.92 Å². The van der Waals surface area contributed by atoms with E-state index in [1.807, 2.05) is 18.2 Å². The van der Waals surface area contributed by atoms with Crippen LogP contribution >= 0.6 is 0 Å². The van der Waals surface area contributed by atoms with Crippen molar-refractivity contribution in [1.29, 1.82) is 10.5 Å². The van der Waals surface area contributed by atoms with Gasteiger partial charge in [-0.2, -0.15) is 10.5 Å². The molecule has 252 valence electrons. The van der Waals surface area contributed by atoms with Crippen LogP contribution < -0.4 is 20.9 Å². The Balaban J connectivity index is 1.93. The van der Waals surface area contributed by atoms with E-state index in [4.69, 9.17) is 0 Å². The van der Waals surface area contributed by atoms with Gasteiger partial charge in [0.15, 0.2) is 0 Å². The third-order valence-electron chi connectivity index (χ3n) is 8.28. The summed E-state index contributed by atoms with van der Waals surface area (Å²) in [5.41, 5.74) is 8.60. The lowest BCUT2D eigenvalue weighted by atomic mass is 9.98. The number of rotatable bonds is 23. The summed E-state index contributed by atoms with van der Waals surface area (Å²) in [6, 6.07) is 14.0. The first-order valence-electron chi connectivity index (χ1n) is 17.1. The van der Waals surface area contributed by atoms with Crippen molar-refractivity contribution in [2.45, 2.75) is 117 Å². The number of nitriles is 2. The molecule has 46 heavy (non-hydrogen) atoms. The molecular formula is C36H54N6O3S. The largest absolute Gasteiger partial charge is 0.336 e. The molecule has 0 bridgehead atoms. The molecule has 0 aliphatic rings. The Bertz CT molecular complexity index is 1380. The van der Waals surface area contributed by atoms with Crippen molar-refractivity contribution in [3.8, 4) is 12.1 Å². The smallest absolute Gasteiger partial charge is 0.333 e. The molecule has 0 fully saturated rings. The van der Waals surface area contributed by atoms with Gasteiger partial charge in [0, 0.05) is 12.2 Å². The zero-order valence-electron chi connectivity index (χ0n) is 28.1. The molecule has 4 N–H and O–H groups in total. The Morgan fingerprint density at radius 3 is 1.98 bits per heavy atom. The van der Waals surface area contributed by atoms with Crippen LogP contribution in [0.3, 0.4) is 0 Å². The van der Waals surface area contributed by atoms with E-state index in [9.17, 15) is 23.7 Å². The second-order valence-electron chi connectivity index (χ2n) is 12.1. The molecule has 2 rings (SSSR count). The van der Waals surface area contributed by atoms with Crippen LogP contribution in [-0.4, -0.2) is 26.7 Å². The number of carbonyl (C=O) groups is 1. The molecule has 0 saturated carbocycles. The summed E-state index contributed by atoms with van der Waals surface area (Å²) in [7, 11) is -3.44. The zero-order valence-corrected chi connectivity index (χ0v) is 28.9. The number of unbranched alkanes of at least 4 members (excludes halogenated alkanes) is 10. The number of hydrazine groups is 1. The van der Waals surface area contributed by atoms with Crippen LogP contribution in [0.2, 0.25) is 0 Å². The topological polar surface area (TPSA) is 147 Å². The molecule has 0 aromatic heterocycles. The summed E-state index contributed by atoms with van der Waals surface area (Å²) >= 11 is 0. The van der Waals surface area contributed by atoms with Crippen LogP contribution in [0.5, 0.6) is 0 Å². The first kappa shape index (κ1) is 38.4. The third kappa shape index (κ3) is 15.0. The van der Waals surface area contributed by atoms with E-state index in [0.717, 1.165) is 50.5 Å². The Kier molecular flexibility index (Phi) is 18.3. The van der Waals surface area contributed by atoms with Crippen molar-refractivity contribution < 1.29 is 13.2 Å². The van der Waals surface area contributed by atoms with E-state index in [1.54, 1.807) is 24.3 Å². The van der Waals surface area contributed by atoms with Gasteiger partial charge in [-0.25, -0.2) is 13.2 Å². The highest BCUT2D eigenvalue weighted by molar-refractivity contribution is 7.92. The number of sulfonamides is 1. The normalized spacial score (nSPS) is 11.7. The number of anilines is 2. The fourth-order valence-electron chi connectivity index (χ4n) is 5.36. The van der Waals surface area contributed by atoms with Crippen molar-refractivity contribution in [2.75, 3.05) is 22.4 Å². The van der Waals surface area contributed by atoms with Gasteiger partial charge in [-0.3, -0.25) is 15.6 Å². The average Bonchev–Trinajstić information content (AvgIpc) is 3.05. The minimum atomic E-state index is -3.44. The lowest BCUT2D eigenvalue weighted by Gasteiger charge is -2.18. The summed E-state index contributed by atoms with van der Waals surface area (Å²) in [4.78, 5) is 12.5. The molecule has 0 heterocycles. The van der Waals surface area contributed by atoms with E-state index in [0.29, 0.717) is 42.2 Å². The number of amides is 2. The number of nitrogens with one attached hydrogen (secondary N) is 4. The van der Waals surface area contributed by atoms with E-state index in [2.05, 4.69) is 47.7 Å². The summed E-state index contributed by atoms with van der Waals surface area (Å²) in [6.07, 6.45) is 16.1. The highest BCUT2D eigenvalue weighted by atomic mass is 32.2. The van der Waals surface area contributed by atoms with Crippen molar-refractivity contribution in [3.05, 3.63) is 58.7 Å². The molecule has 2 aromatic carbocycles. The van der Waals surface area contributed by atoms with Gasteiger partial charge in [-0.1, -0.05) is 110 Å². The van der Waals surface area contributed by atoms with Crippen molar-refractivity contribution in [1.82, 2.24) is 10.7 Å². The maximum Gasteiger partial charge on any atom is 0.333 e. The number of benzene rings is 2. The summed E-state index contributed by atoms with van der Waals surface area (Å²) in [6.45, 7) is 7.06. The van der Waals surface area contributed by atoms with E-state index in [-0.39, 0.29) is 22.9 Å². The first-order chi connectivity index (χ1) is 22.2. The number of nitrogens with zero attached hydrogens (tertiary/aromatic N) is 2. The molecule has 0 aliphatic carbocycles. The van der Waals surface area contributed by atoms with Crippen LogP contribution in [0.25, 0.3) is 0 Å². The fourth-order valence-corrected chi connectivity index (χ4v) is 6.54. The first-order valence-corrected chi connectivity index (χ1v) is 18.8. The van der Waals surface area contributed by atoms with Gasteiger partial charge in [0.2, 0.25) is 10.0 Å². The Labute approximate surface area is 277 Å². The van der Waals surface area contributed by atoms with Crippen LogP contribution in [0.1, 0.15) is 133 Å². The summed E-state index contributed by atoms with van der Waals surface area (Å²) in [5, 5.41) is 22.0. The van der Waals surface area contributed by atoms with Crippen molar-refractivity contribution >= 4 is 27.4 Å². The van der Waals surface area contributed by atoms with Gasteiger partial charge in [0.05, 0.1) is 22.6 Å². The average molecular weight is 651 g/mol. The van der Waals surface area contributed by atoms with Gasteiger partial charge < -0.3 is 5.32 Å². The Hall–Kier alpha value is -3.76. The maximum atomic E-state index is 12.6.